The summed E-state index contributed by atoms with van der Waals surface area (Å²) >= 11 is 6.02. The lowest BCUT2D eigenvalue weighted by molar-refractivity contribution is -0.142. The number of furan rings is 1. The number of rotatable bonds is 3. The summed E-state index contributed by atoms with van der Waals surface area (Å²) in [5, 5.41) is 10.0. The van der Waals surface area contributed by atoms with E-state index in [9.17, 15) is 23.3 Å². The van der Waals surface area contributed by atoms with Crippen LogP contribution in [0.5, 0.6) is 0 Å². The highest BCUT2D eigenvalue weighted by molar-refractivity contribution is 7.91. The van der Waals surface area contributed by atoms with Gasteiger partial charge in [-0.3, -0.25) is 14.5 Å². The van der Waals surface area contributed by atoms with Crippen LogP contribution in [0.15, 0.2) is 57.5 Å². The van der Waals surface area contributed by atoms with Gasteiger partial charge in [-0.15, -0.1) is 0 Å². The lowest BCUT2D eigenvalue weighted by Crippen LogP contribution is -2.49. The zero-order valence-electron chi connectivity index (χ0n) is 16.5. The number of carbonyl (C=O) groups is 2. The van der Waals surface area contributed by atoms with Crippen LogP contribution >= 0.6 is 11.6 Å². The first-order valence-electron chi connectivity index (χ1n) is 9.47. The highest BCUT2D eigenvalue weighted by Gasteiger charge is 2.43. The molecule has 2 aliphatic rings. The Balaban J connectivity index is 1.74. The summed E-state index contributed by atoms with van der Waals surface area (Å²) in [6, 6.07) is 11.5. The molecule has 0 spiro atoms. The second kappa shape index (κ2) is 7.84. The molecule has 1 saturated heterocycles. The molecule has 7 nitrogen and oxygen atoms in total. The van der Waals surface area contributed by atoms with Crippen molar-refractivity contribution in [3.8, 4) is 17.4 Å². The summed E-state index contributed by atoms with van der Waals surface area (Å²) in [5.41, 5.74) is 0.921. The molecule has 1 unspecified atom stereocenters. The molecule has 1 atom stereocenters. The van der Waals surface area contributed by atoms with Crippen LogP contribution in [0, 0.1) is 11.3 Å². The molecule has 3 heterocycles. The average molecular weight is 457 g/mol. The van der Waals surface area contributed by atoms with Crippen molar-refractivity contribution < 1.29 is 22.4 Å². The maximum Gasteiger partial charge on any atom is 0.271 e. The van der Waals surface area contributed by atoms with Gasteiger partial charge in [0.1, 0.15) is 23.2 Å². The Kier molecular flexibility index (Phi) is 5.33. The summed E-state index contributed by atoms with van der Waals surface area (Å²) < 4.78 is 29.6. The minimum atomic E-state index is -3.33. The van der Waals surface area contributed by atoms with Crippen LogP contribution in [-0.4, -0.2) is 42.7 Å². The molecule has 31 heavy (non-hydrogen) atoms. The topological polar surface area (TPSA) is 108 Å². The fourth-order valence-corrected chi connectivity index (χ4v) is 5.67. The van der Waals surface area contributed by atoms with E-state index in [4.69, 9.17) is 16.0 Å². The predicted molar refractivity (Wildman–Crippen MR) is 114 cm³/mol. The van der Waals surface area contributed by atoms with Gasteiger partial charge in [0.2, 0.25) is 0 Å². The number of nitrogens with zero attached hydrogens (tertiary/aromatic N) is 2. The molecule has 1 aromatic heterocycles. The Morgan fingerprint density at radius 3 is 2.65 bits per heavy atom. The van der Waals surface area contributed by atoms with E-state index in [2.05, 4.69) is 0 Å². The summed E-state index contributed by atoms with van der Waals surface area (Å²) in [6.45, 7) is 1.52. The van der Waals surface area contributed by atoms with Gasteiger partial charge in [0.05, 0.1) is 17.5 Å². The van der Waals surface area contributed by atoms with Crippen LogP contribution in [0.25, 0.3) is 17.4 Å². The Bertz CT molecular complexity index is 1310. The standard InChI is InChI=1S/C22H17ClN2O5S/c1-13-18(10-17-5-6-20(30-17)14-3-2-4-15(23)9-14)21(26)25(22(27)19(13)11-24)16-7-8-31(28,29)12-16/h2-6,9-10,16H,7-8,12H2,1H3. The number of benzene rings is 1. The largest absolute Gasteiger partial charge is 0.457 e. The molecule has 2 aliphatic heterocycles. The van der Waals surface area contributed by atoms with Gasteiger partial charge in [0.15, 0.2) is 9.84 Å². The van der Waals surface area contributed by atoms with E-state index in [0.29, 0.717) is 16.5 Å². The van der Waals surface area contributed by atoms with Crippen LogP contribution in [0.3, 0.4) is 0 Å². The van der Waals surface area contributed by atoms with Gasteiger partial charge in [-0.05, 0) is 49.3 Å². The van der Waals surface area contributed by atoms with Crippen LogP contribution < -0.4 is 0 Å². The fourth-order valence-electron chi connectivity index (χ4n) is 3.78. The summed E-state index contributed by atoms with van der Waals surface area (Å²) in [5.74, 6) is -0.903. The summed E-state index contributed by atoms with van der Waals surface area (Å²) in [6.07, 6.45) is 1.62. The van der Waals surface area contributed by atoms with Crippen LogP contribution in [0.2, 0.25) is 5.02 Å². The molecule has 1 fully saturated rings. The molecular weight excluding hydrogens is 440 g/mol. The Morgan fingerprint density at radius 2 is 2.00 bits per heavy atom. The van der Waals surface area contributed by atoms with Crippen molar-refractivity contribution in [3.63, 3.8) is 0 Å². The first-order chi connectivity index (χ1) is 14.7. The SMILES string of the molecule is CC1=C(C#N)C(=O)N(C2CCS(=O)(=O)C2)C(=O)C1=Cc1ccc(-c2cccc(Cl)c2)o1. The highest BCUT2D eigenvalue weighted by Crippen LogP contribution is 2.32. The molecule has 4 rings (SSSR count). The molecule has 9 heteroatoms. The summed E-state index contributed by atoms with van der Waals surface area (Å²) in [7, 11) is -3.33. The highest BCUT2D eigenvalue weighted by atomic mass is 35.5. The molecule has 0 radical (unpaired) electrons. The van der Waals surface area contributed by atoms with Crippen molar-refractivity contribution in [1.82, 2.24) is 4.90 Å². The van der Waals surface area contributed by atoms with Gasteiger partial charge in [-0.2, -0.15) is 5.26 Å². The van der Waals surface area contributed by atoms with E-state index < -0.39 is 27.7 Å². The van der Waals surface area contributed by atoms with Crippen LogP contribution in [0.4, 0.5) is 0 Å². The Morgan fingerprint density at radius 1 is 1.23 bits per heavy atom. The zero-order valence-corrected chi connectivity index (χ0v) is 18.0. The Labute approximate surface area is 184 Å². The van der Waals surface area contributed by atoms with Crippen LogP contribution in [0.1, 0.15) is 19.1 Å². The molecule has 158 valence electrons. The van der Waals surface area contributed by atoms with E-state index in [-0.39, 0.29) is 34.6 Å². The number of carbonyl (C=O) groups excluding carboxylic acids is 2. The molecule has 0 saturated carbocycles. The second-order valence-corrected chi connectivity index (χ2v) is 10.1. The van der Waals surface area contributed by atoms with Gasteiger partial charge in [0, 0.05) is 16.2 Å². The maximum atomic E-state index is 13.2. The Hall–Kier alpha value is -3.15. The lowest BCUT2D eigenvalue weighted by atomic mass is 9.93. The second-order valence-electron chi connectivity index (χ2n) is 7.42. The van der Waals surface area contributed by atoms with Crippen molar-refractivity contribution in [2.24, 2.45) is 0 Å². The average Bonchev–Trinajstić information content (AvgIpc) is 3.32. The van der Waals surface area contributed by atoms with Gasteiger partial charge in [-0.1, -0.05) is 23.7 Å². The van der Waals surface area contributed by atoms with E-state index in [1.165, 1.54) is 13.0 Å². The van der Waals surface area contributed by atoms with E-state index in [1.807, 2.05) is 12.1 Å². The molecule has 2 aromatic rings. The predicted octanol–water partition coefficient (Wildman–Crippen LogP) is 3.38. The van der Waals surface area contributed by atoms with Crippen molar-refractivity contribution in [2.45, 2.75) is 19.4 Å². The third-order valence-electron chi connectivity index (χ3n) is 5.37. The molecule has 0 bridgehead atoms. The molecule has 1 aromatic carbocycles. The van der Waals surface area contributed by atoms with Crippen molar-refractivity contribution in [2.75, 3.05) is 11.5 Å². The van der Waals surface area contributed by atoms with Crippen molar-refractivity contribution in [3.05, 3.63) is 63.9 Å². The van der Waals surface area contributed by atoms with Crippen molar-refractivity contribution in [1.29, 1.82) is 5.26 Å². The monoisotopic (exact) mass is 456 g/mol. The molecule has 0 N–H and O–H groups in total. The lowest BCUT2D eigenvalue weighted by Gasteiger charge is -2.31. The normalized spacial score (nSPS) is 22.3. The number of hydrogen-bond acceptors (Lipinski definition) is 6. The number of halogens is 1. The quantitative estimate of drug-likeness (QED) is 0.517. The molecule has 2 amide bonds. The van der Waals surface area contributed by atoms with Crippen molar-refractivity contribution >= 4 is 39.3 Å². The first kappa shape index (κ1) is 21.1. The number of hydrogen-bond donors (Lipinski definition) is 0. The van der Waals surface area contributed by atoms with E-state index in [1.54, 1.807) is 30.3 Å². The van der Waals surface area contributed by atoms with E-state index in [0.717, 1.165) is 10.5 Å². The third-order valence-corrected chi connectivity index (χ3v) is 7.35. The molecular formula is C22H17ClN2O5S. The van der Waals surface area contributed by atoms with Gasteiger partial charge in [-0.25, -0.2) is 8.42 Å². The smallest absolute Gasteiger partial charge is 0.271 e. The van der Waals surface area contributed by atoms with Crippen LogP contribution in [-0.2, 0) is 19.4 Å². The number of amides is 2. The number of nitriles is 1. The number of sulfone groups is 1. The van der Waals surface area contributed by atoms with Gasteiger partial charge < -0.3 is 4.42 Å². The number of imide groups is 1. The minimum Gasteiger partial charge on any atom is -0.457 e. The summed E-state index contributed by atoms with van der Waals surface area (Å²) in [4.78, 5) is 26.8. The first-order valence-corrected chi connectivity index (χ1v) is 11.7. The van der Waals surface area contributed by atoms with Gasteiger partial charge in [0.25, 0.3) is 11.8 Å². The minimum absolute atomic E-state index is 0.0977. The molecule has 0 aliphatic carbocycles. The maximum absolute atomic E-state index is 13.2. The zero-order chi connectivity index (χ0) is 22.3. The van der Waals surface area contributed by atoms with Gasteiger partial charge >= 0.3 is 0 Å². The fraction of sp³-hybridized carbons (Fsp3) is 0.227. The third kappa shape index (κ3) is 3.94. The van der Waals surface area contributed by atoms with E-state index >= 15 is 0 Å².